The number of hydrogen-bond donors (Lipinski definition) is 1. The maximum atomic E-state index is 5.88. The summed E-state index contributed by atoms with van der Waals surface area (Å²) in [5.41, 5.74) is 3.03. The highest BCUT2D eigenvalue weighted by molar-refractivity contribution is 6.30. The molecule has 0 bridgehead atoms. The number of nitrogens with two attached hydrogens (primary N) is 1. The van der Waals surface area contributed by atoms with Gasteiger partial charge in [0.25, 0.3) is 5.95 Å². The number of hydrogen-bond acceptors (Lipinski definition) is 6. The Kier molecular flexibility index (Phi) is 4.64. The number of rotatable bonds is 5. The van der Waals surface area contributed by atoms with Gasteiger partial charge in [-0.2, -0.15) is 0 Å². The molecule has 7 nitrogen and oxygen atoms in total. The molecule has 0 aliphatic carbocycles. The molecule has 0 atom stereocenters. The number of anilines is 1. The smallest absolute Gasteiger partial charge is 0.250 e. The fraction of sp³-hybridized carbons (Fsp3) is 0.188. The Hall–Kier alpha value is -2.64. The fourth-order valence-corrected chi connectivity index (χ4v) is 2.37. The van der Waals surface area contributed by atoms with E-state index in [1.54, 1.807) is 24.3 Å². The molecule has 24 heavy (non-hydrogen) atoms. The van der Waals surface area contributed by atoms with Gasteiger partial charge in [-0.1, -0.05) is 23.7 Å². The summed E-state index contributed by atoms with van der Waals surface area (Å²) >= 11 is 5.78. The number of nitrogens with zero attached hydrogens (tertiary/aromatic N) is 5. The molecule has 0 radical (unpaired) electrons. The van der Waals surface area contributed by atoms with Crippen LogP contribution in [0.5, 0.6) is 5.88 Å². The van der Waals surface area contributed by atoms with Gasteiger partial charge >= 0.3 is 0 Å². The SMILES string of the molecule is Cc1cccc(N(C)N)c1COc1ccn(-c2ncc(Cl)cn2)n1. The zero-order valence-corrected chi connectivity index (χ0v) is 14.1. The average molecular weight is 345 g/mol. The molecular formula is C16H17ClN6O. The number of halogens is 1. The first-order valence-corrected chi connectivity index (χ1v) is 7.65. The Morgan fingerprint density at radius 1 is 1.25 bits per heavy atom. The molecule has 2 heterocycles. The zero-order chi connectivity index (χ0) is 17.1. The molecule has 124 valence electrons. The minimum atomic E-state index is 0.363. The summed E-state index contributed by atoms with van der Waals surface area (Å²) in [6.45, 7) is 2.38. The summed E-state index contributed by atoms with van der Waals surface area (Å²) in [5.74, 6) is 6.77. The second kappa shape index (κ2) is 6.86. The molecule has 1 aromatic carbocycles. The minimum Gasteiger partial charge on any atom is -0.472 e. The van der Waals surface area contributed by atoms with Crippen LogP contribution in [0, 0.1) is 6.92 Å². The standard InChI is InChI=1S/C16H17ClN6O/c1-11-4-3-5-14(22(2)18)13(11)10-24-15-6-7-23(21-15)16-19-8-12(17)9-20-16/h3-9H,10,18H2,1-2H3. The van der Waals surface area contributed by atoms with Gasteiger partial charge in [-0.3, -0.25) is 0 Å². The minimum absolute atomic E-state index is 0.363. The number of hydrazine groups is 1. The van der Waals surface area contributed by atoms with E-state index in [-0.39, 0.29) is 0 Å². The van der Waals surface area contributed by atoms with Gasteiger partial charge in [0.05, 0.1) is 23.1 Å². The molecule has 0 fully saturated rings. The van der Waals surface area contributed by atoms with Crippen LogP contribution < -0.4 is 15.6 Å². The van der Waals surface area contributed by atoms with Gasteiger partial charge in [-0.05, 0) is 18.6 Å². The highest BCUT2D eigenvalue weighted by atomic mass is 35.5. The van der Waals surface area contributed by atoms with Crippen molar-refractivity contribution < 1.29 is 4.74 Å². The van der Waals surface area contributed by atoms with Crippen LogP contribution in [0.2, 0.25) is 5.02 Å². The Bertz CT molecular complexity index is 831. The summed E-state index contributed by atoms with van der Waals surface area (Å²) in [6, 6.07) is 7.68. The lowest BCUT2D eigenvalue weighted by atomic mass is 10.1. The molecule has 3 rings (SSSR count). The maximum absolute atomic E-state index is 5.88. The molecule has 0 spiro atoms. The van der Waals surface area contributed by atoms with E-state index < -0.39 is 0 Å². The molecule has 2 aromatic heterocycles. The van der Waals surface area contributed by atoms with Crippen LogP contribution in [-0.2, 0) is 6.61 Å². The topological polar surface area (TPSA) is 82.1 Å². The molecule has 0 unspecified atom stereocenters. The van der Waals surface area contributed by atoms with E-state index in [9.17, 15) is 0 Å². The van der Waals surface area contributed by atoms with E-state index in [1.165, 1.54) is 17.1 Å². The fourth-order valence-electron chi connectivity index (χ4n) is 2.27. The van der Waals surface area contributed by atoms with Crippen LogP contribution in [0.1, 0.15) is 11.1 Å². The lowest BCUT2D eigenvalue weighted by molar-refractivity contribution is 0.291. The van der Waals surface area contributed by atoms with E-state index >= 15 is 0 Å². The molecule has 8 heteroatoms. The average Bonchev–Trinajstić information content (AvgIpc) is 3.03. The van der Waals surface area contributed by atoms with Crippen molar-refractivity contribution in [1.82, 2.24) is 19.7 Å². The first-order chi connectivity index (χ1) is 11.5. The third-order valence-electron chi connectivity index (χ3n) is 3.51. The van der Waals surface area contributed by atoms with Crippen molar-refractivity contribution in [3.05, 3.63) is 59.0 Å². The molecule has 2 N–H and O–H groups in total. The van der Waals surface area contributed by atoms with Crippen LogP contribution in [0.25, 0.3) is 5.95 Å². The summed E-state index contributed by atoms with van der Waals surface area (Å²) < 4.78 is 7.32. The zero-order valence-electron chi connectivity index (χ0n) is 13.3. The normalized spacial score (nSPS) is 10.7. The van der Waals surface area contributed by atoms with Gasteiger partial charge in [-0.15, -0.1) is 5.10 Å². The first-order valence-electron chi connectivity index (χ1n) is 7.28. The molecule has 0 amide bonds. The van der Waals surface area contributed by atoms with E-state index in [1.807, 2.05) is 25.1 Å². The summed E-state index contributed by atoms with van der Waals surface area (Å²) in [7, 11) is 1.80. The van der Waals surface area contributed by atoms with E-state index in [0.29, 0.717) is 23.5 Å². The Morgan fingerprint density at radius 3 is 2.71 bits per heavy atom. The van der Waals surface area contributed by atoms with Crippen molar-refractivity contribution in [2.24, 2.45) is 5.84 Å². The van der Waals surface area contributed by atoms with Gasteiger partial charge in [-0.25, -0.2) is 20.5 Å². The van der Waals surface area contributed by atoms with Crippen molar-refractivity contribution in [2.75, 3.05) is 12.1 Å². The summed E-state index contributed by atoms with van der Waals surface area (Å²) in [4.78, 5) is 8.22. The van der Waals surface area contributed by atoms with Gasteiger partial charge in [0, 0.05) is 24.9 Å². The predicted octanol–water partition coefficient (Wildman–Crippen LogP) is 2.51. The van der Waals surface area contributed by atoms with Gasteiger partial charge < -0.3 is 9.75 Å². The van der Waals surface area contributed by atoms with Crippen molar-refractivity contribution >= 4 is 17.3 Å². The quantitative estimate of drug-likeness (QED) is 0.565. The van der Waals surface area contributed by atoms with E-state index in [2.05, 4.69) is 15.1 Å². The van der Waals surface area contributed by atoms with Crippen LogP contribution in [-0.4, -0.2) is 26.8 Å². The Labute approximate surface area is 144 Å². The molecule has 3 aromatic rings. The lowest BCUT2D eigenvalue weighted by Gasteiger charge is -2.18. The van der Waals surface area contributed by atoms with E-state index in [4.69, 9.17) is 22.2 Å². The molecule has 0 saturated carbocycles. The number of ether oxygens (including phenoxy) is 1. The molecule has 0 aliphatic rings. The maximum Gasteiger partial charge on any atom is 0.250 e. The molecular weight excluding hydrogens is 328 g/mol. The predicted molar refractivity (Wildman–Crippen MR) is 92.3 cm³/mol. The summed E-state index contributed by atoms with van der Waals surface area (Å²) in [5, 5.41) is 6.36. The van der Waals surface area contributed by atoms with Crippen molar-refractivity contribution in [2.45, 2.75) is 13.5 Å². The number of aromatic nitrogens is 4. The third kappa shape index (κ3) is 3.47. The third-order valence-corrected chi connectivity index (χ3v) is 3.70. The highest BCUT2D eigenvalue weighted by Crippen LogP contribution is 2.23. The van der Waals surface area contributed by atoms with Crippen molar-refractivity contribution in [3.63, 3.8) is 0 Å². The lowest BCUT2D eigenvalue weighted by Crippen LogP contribution is -2.26. The van der Waals surface area contributed by atoms with Gasteiger partial charge in [0.1, 0.15) is 6.61 Å². The van der Waals surface area contributed by atoms with Gasteiger partial charge in [0.2, 0.25) is 5.88 Å². The number of aryl methyl sites for hydroxylation is 1. The molecule has 0 saturated heterocycles. The van der Waals surface area contributed by atoms with E-state index in [0.717, 1.165) is 16.8 Å². The van der Waals surface area contributed by atoms with Crippen LogP contribution in [0.3, 0.4) is 0 Å². The summed E-state index contributed by atoms with van der Waals surface area (Å²) in [6.07, 6.45) is 4.76. The van der Waals surface area contributed by atoms with Crippen LogP contribution in [0.4, 0.5) is 5.69 Å². The number of benzene rings is 1. The van der Waals surface area contributed by atoms with Gasteiger partial charge in [0.15, 0.2) is 0 Å². The second-order valence-electron chi connectivity index (χ2n) is 5.27. The monoisotopic (exact) mass is 344 g/mol. The van der Waals surface area contributed by atoms with Crippen molar-refractivity contribution in [1.29, 1.82) is 0 Å². The second-order valence-corrected chi connectivity index (χ2v) is 5.71. The van der Waals surface area contributed by atoms with Crippen LogP contribution in [0.15, 0.2) is 42.9 Å². The molecule has 0 aliphatic heterocycles. The Morgan fingerprint density at radius 2 is 2.00 bits per heavy atom. The highest BCUT2D eigenvalue weighted by Gasteiger charge is 2.10. The first kappa shape index (κ1) is 16.2. The Balaban J connectivity index is 1.76. The van der Waals surface area contributed by atoms with Crippen molar-refractivity contribution in [3.8, 4) is 11.8 Å². The van der Waals surface area contributed by atoms with Crippen LogP contribution >= 0.6 is 11.6 Å². The largest absolute Gasteiger partial charge is 0.472 e.